The third-order valence-corrected chi connectivity index (χ3v) is 5.85. The lowest BCUT2D eigenvalue weighted by Gasteiger charge is -2.33. The Balaban J connectivity index is 1.44. The molecule has 3 aromatic rings. The number of carbonyl (C=O) groups is 1. The Labute approximate surface area is 188 Å². The summed E-state index contributed by atoms with van der Waals surface area (Å²) in [6.45, 7) is 0.0751. The number of fused-ring (bicyclic) bond motifs is 2. The molecule has 0 unspecified atom stereocenters. The molecule has 2 aliphatic rings. The van der Waals surface area contributed by atoms with Gasteiger partial charge in [-0.3, -0.25) is 4.79 Å². The Morgan fingerprint density at radius 3 is 2.62 bits per heavy atom. The van der Waals surface area contributed by atoms with E-state index in [-0.39, 0.29) is 24.7 Å². The van der Waals surface area contributed by atoms with Crippen molar-refractivity contribution >= 4 is 33.3 Å². The van der Waals surface area contributed by atoms with Crippen molar-refractivity contribution in [2.75, 3.05) is 17.4 Å². The van der Waals surface area contributed by atoms with Crippen LogP contribution in [0.2, 0.25) is 0 Å². The van der Waals surface area contributed by atoms with Gasteiger partial charge in [0.05, 0.1) is 6.04 Å². The van der Waals surface area contributed by atoms with Crippen LogP contribution in [0.4, 0.5) is 24.7 Å². The first-order valence-corrected chi connectivity index (χ1v) is 10.5. The number of hydrogen-bond acceptors (Lipinski definition) is 5. The maximum atomic E-state index is 13.9. The molecule has 0 bridgehead atoms. The summed E-state index contributed by atoms with van der Waals surface area (Å²) < 4.78 is 53.9. The average Bonchev–Trinajstić information content (AvgIpc) is 3.40. The summed E-state index contributed by atoms with van der Waals surface area (Å²) in [6.07, 6.45) is -4.83. The Hall–Kier alpha value is -3.21. The molecule has 0 saturated heterocycles. The molecule has 2 aromatic carbocycles. The standard InChI is InChI=1S/C21H16BrF3N4O3/c22-12-2-4-13(5-3-12)26-20(30)15-9-19-27-14(8-18(21(23,24)25)29(19)28-15)11-1-6-16-17(7-11)32-10-31-16/h1-7,9,14,18,27H,8,10H2,(H,26,30)/t14-,18+/m0/s1. The van der Waals surface area contributed by atoms with Crippen molar-refractivity contribution in [1.82, 2.24) is 9.78 Å². The number of anilines is 2. The second-order valence-electron chi connectivity index (χ2n) is 7.42. The zero-order chi connectivity index (χ0) is 22.5. The van der Waals surface area contributed by atoms with Crippen molar-refractivity contribution in [3.8, 4) is 11.5 Å². The molecule has 2 aliphatic heterocycles. The van der Waals surface area contributed by atoms with E-state index in [0.717, 1.165) is 9.15 Å². The molecule has 3 heterocycles. The van der Waals surface area contributed by atoms with Crippen LogP contribution in [0, 0.1) is 0 Å². The first-order chi connectivity index (χ1) is 15.3. The highest BCUT2D eigenvalue weighted by molar-refractivity contribution is 9.10. The average molecular weight is 509 g/mol. The molecule has 2 N–H and O–H groups in total. The van der Waals surface area contributed by atoms with Crippen LogP contribution in [-0.2, 0) is 0 Å². The highest BCUT2D eigenvalue weighted by Crippen LogP contribution is 2.45. The van der Waals surface area contributed by atoms with Crippen molar-refractivity contribution in [2.45, 2.75) is 24.7 Å². The van der Waals surface area contributed by atoms with Gasteiger partial charge in [0, 0.05) is 22.6 Å². The van der Waals surface area contributed by atoms with Crippen LogP contribution in [0.25, 0.3) is 0 Å². The van der Waals surface area contributed by atoms with Crippen LogP contribution in [0.5, 0.6) is 11.5 Å². The molecule has 0 saturated carbocycles. The van der Waals surface area contributed by atoms with E-state index in [1.807, 2.05) is 0 Å². The van der Waals surface area contributed by atoms with Crippen molar-refractivity contribution in [2.24, 2.45) is 0 Å². The highest BCUT2D eigenvalue weighted by Gasteiger charge is 2.47. The number of nitrogens with one attached hydrogen (secondary N) is 2. The normalized spacial score (nSPS) is 19.2. The van der Waals surface area contributed by atoms with Gasteiger partial charge in [-0.1, -0.05) is 22.0 Å². The molecular formula is C21H16BrF3N4O3. The summed E-state index contributed by atoms with van der Waals surface area (Å²) >= 11 is 3.30. The molecule has 0 aliphatic carbocycles. The van der Waals surface area contributed by atoms with Gasteiger partial charge < -0.3 is 20.1 Å². The van der Waals surface area contributed by atoms with Crippen LogP contribution < -0.4 is 20.1 Å². The van der Waals surface area contributed by atoms with E-state index in [9.17, 15) is 18.0 Å². The van der Waals surface area contributed by atoms with Crippen LogP contribution in [0.3, 0.4) is 0 Å². The molecule has 1 aromatic heterocycles. The van der Waals surface area contributed by atoms with Gasteiger partial charge >= 0.3 is 6.18 Å². The van der Waals surface area contributed by atoms with E-state index in [1.54, 1.807) is 42.5 Å². The summed E-state index contributed by atoms with van der Waals surface area (Å²) in [5, 5.41) is 9.68. The lowest BCUT2D eigenvalue weighted by atomic mass is 9.96. The summed E-state index contributed by atoms with van der Waals surface area (Å²) in [4.78, 5) is 12.6. The molecule has 7 nitrogen and oxygen atoms in total. The van der Waals surface area contributed by atoms with Gasteiger partial charge in [-0.25, -0.2) is 4.68 Å². The summed E-state index contributed by atoms with van der Waals surface area (Å²) in [7, 11) is 0. The fourth-order valence-electron chi connectivity index (χ4n) is 3.76. The lowest BCUT2D eigenvalue weighted by Crippen LogP contribution is -2.35. The lowest BCUT2D eigenvalue weighted by molar-refractivity contribution is -0.173. The predicted molar refractivity (Wildman–Crippen MR) is 113 cm³/mol. The predicted octanol–water partition coefficient (Wildman–Crippen LogP) is 5.29. The minimum Gasteiger partial charge on any atom is -0.454 e. The Morgan fingerprint density at radius 1 is 1.12 bits per heavy atom. The zero-order valence-electron chi connectivity index (χ0n) is 16.3. The number of carbonyl (C=O) groups excluding carboxylic acids is 1. The minimum atomic E-state index is -4.54. The quantitative estimate of drug-likeness (QED) is 0.502. The smallest absolute Gasteiger partial charge is 0.410 e. The van der Waals surface area contributed by atoms with Crippen LogP contribution >= 0.6 is 15.9 Å². The molecular weight excluding hydrogens is 493 g/mol. The van der Waals surface area contributed by atoms with E-state index in [0.29, 0.717) is 22.7 Å². The minimum absolute atomic E-state index is 0.0751. The second-order valence-corrected chi connectivity index (χ2v) is 8.34. The maximum Gasteiger partial charge on any atom is 0.410 e. The number of benzene rings is 2. The van der Waals surface area contributed by atoms with Gasteiger partial charge in [-0.2, -0.15) is 18.3 Å². The van der Waals surface area contributed by atoms with Crippen molar-refractivity contribution in [3.05, 3.63) is 64.3 Å². The molecule has 5 rings (SSSR count). The number of alkyl halides is 3. The summed E-state index contributed by atoms with van der Waals surface area (Å²) in [5.41, 5.74) is 1.01. The first kappa shape index (κ1) is 20.7. The highest BCUT2D eigenvalue weighted by atomic mass is 79.9. The van der Waals surface area contributed by atoms with Crippen LogP contribution in [0.15, 0.2) is 53.0 Å². The third kappa shape index (κ3) is 3.88. The largest absolute Gasteiger partial charge is 0.454 e. The number of ether oxygens (including phenoxy) is 2. The van der Waals surface area contributed by atoms with E-state index in [4.69, 9.17) is 9.47 Å². The molecule has 1 amide bonds. The second kappa shape index (κ2) is 7.73. The Bertz CT molecular complexity index is 1180. The molecule has 166 valence electrons. The number of nitrogens with zero attached hydrogens (tertiary/aromatic N) is 2. The van der Waals surface area contributed by atoms with E-state index in [2.05, 4.69) is 31.7 Å². The molecule has 0 fully saturated rings. The summed E-state index contributed by atoms with van der Waals surface area (Å²) in [6, 6.07) is 10.7. The number of hydrogen-bond donors (Lipinski definition) is 2. The van der Waals surface area contributed by atoms with E-state index in [1.165, 1.54) is 6.07 Å². The number of aromatic nitrogens is 2. The number of rotatable bonds is 3. The van der Waals surface area contributed by atoms with E-state index >= 15 is 0 Å². The van der Waals surface area contributed by atoms with Gasteiger partial charge in [0.25, 0.3) is 5.91 Å². The van der Waals surface area contributed by atoms with Crippen molar-refractivity contribution in [3.63, 3.8) is 0 Å². The first-order valence-electron chi connectivity index (χ1n) is 9.67. The van der Waals surface area contributed by atoms with Crippen LogP contribution in [0.1, 0.15) is 34.6 Å². The Morgan fingerprint density at radius 2 is 1.88 bits per heavy atom. The molecule has 11 heteroatoms. The van der Waals surface area contributed by atoms with Crippen LogP contribution in [-0.4, -0.2) is 28.7 Å². The SMILES string of the molecule is O=C(Nc1ccc(Br)cc1)c1cc2n(n1)[C@@H](C(F)(F)F)C[C@@H](c1ccc3c(c1)OCO3)N2. The van der Waals surface area contributed by atoms with Gasteiger partial charge in [0.2, 0.25) is 6.79 Å². The van der Waals surface area contributed by atoms with Crippen molar-refractivity contribution < 1.29 is 27.4 Å². The maximum absolute atomic E-state index is 13.9. The topological polar surface area (TPSA) is 77.4 Å². The third-order valence-electron chi connectivity index (χ3n) is 5.32. The van der Waals surface area contributed by atoms with Gasteiger partial charge in [0.15, 0.2) is 23.2 Å². The molecule has 2 atom stereocenters. The molecule has 32 heavy (non-hydrogen) atoms. The zero-order valence-corrected chi connectivity index (χ0v) is 17.9. The van der Waals surface area contributed by atoms with Gasteiger partial charge in [0.1, 0.15) is 5.82 Å². The van der Waals surface area contributed by atoms with Gasteiger partial charge in [-0.15, -0.1) is 0 Å². The van der Waals surface area contributed by atoms with Crippen molar-refractivity contribution in [1.29, 1.82) is 0 Å². The fraction of sp³-hybridized carbons (Fsp3) is 0.238. The number of halogens is 4. The monoisotopic (exact) mass is 508 g/mol. The molecule has 0 spiro atoms. The number of amides is 1. The molecule has 0 radical (unpaired) electrons. The van der Waals surface area contributed by atoms with Gasteiger partial charge in [-0.05, 0) is 42.0 Å². The summed E-state index contributed by atoms with van der Waals surface area (Å²) in [5.74, 6) is 0.550. The Kier molecular flexibility index (Phi) is 5.00. The van der Waals surface area contributed by atoms with E-state index < -0.39 is 24.2 Å². The fourth-order valence-corrected chi connectivity index (χ4v) is 4.03.